The van der Waals surface area contributed by atoms with E-state index in [4.69, 9.17) is 28.5 Å². The topological polar surface area (TPSA) is 35.8 Å². The van der Waals surface area contributed by atoms with Gasteiger partial charge in [-0.1, -0.05) is 29.3 Å². The van der Waals surface area contributed by atoms with Gasteiger partial charge in [-0.3, -0.25) is 0 Å². The number of anilines is 1. The van der Waals surface area contributed by atoms with Gasteiger partial charge < -0.3 is 5.32 Å². The first-order valence-electron chi connectivity index (χ1n) is 4.64. The van der Waals surface area contributed by atoms with Gasteiger partial charge in [-0.15, -0.1) is 11.8 Å². The summed E-state index contributed by atoms with van der Waals surface area (Å²) in [5.74, 6) is 0.824. The minimum atomic E-state index is -0.00704. The van der Waals surface area contributed by atoms with Crippen molar-refractivity contribution in [2.75, 3.05) is 11.1 Å². The van der Waals surface area contributed by atoms with Gasteiger partial charge in [0.05, 0.1) is 33.4 Å². The Hall–Kier alpha value is -0.820. The molecule has 1 aliphatic rings. The van der Waals surface area contributed by atoms with Crippen LogP contribution in [-0.4, -0.2) is 11.8 Å². The summed E-state index contributed by atoms with van der Waals surface area (Å²) in [6.07, 6.45) is 0. The minimum Gasteiger partial charge on any atom is -0.374 e. The zero-order chi connectivity index (χ0) is 11.5. The highest BCUT2D eigenvalue weighted by Gasteiger charge is 2.21. The van der Waals surface area contributed by atoms with Gasteiger partial charge >= 0.3 is 0 Å². The van der Waals surface area contributed by atoms with Crippen LogP contribution in [0, 0.1) is 11.3 Å². The number of hydrogen-bond donors (Lipinski definition) is 1. The summed E-state index contributed by atoms with van der Waals surface area (Å²) in [4.78, 5) is 0. The van der Waals surface area contributed by atoms with Gasteiger partial charge in [-0.25, -0.2) is 0 Å². The molecule has 0 spiro atoms. The van der Waals surface area contributed by atoms with Crippen molar-refractivity contribution in [3.63, 3.8) is 0 Å². The third kappa shape index (κ3) is 2.30. The predicted octanol–water partition coefficient (Wildman–Crippen LogP) is 3.93. The monoisotopic (exact) mass is 270 g/mol. The number of nitriles is 1. The molecule has 0 aromatic heterocycles. The van der Waals surface area contributed by atoms with E-state index in [-0.39, 0.29) is 6.04 Å². The molecule has 1 heterocycles. The molecule has 1 unspecified atom stereocenters. The van der Waals surface area contributed by atoms with E-state index in [0.717, 1.165) is 11.3 Å². The molecular formula is C11H8Cl2N2S. The number of rotatable bonds is 2. The molecule has 0 saturated heterocycles. The van der Waals surface area contributed by atoms with Crippen LogP contribution < -0.4 is 5.32 Å². The largest absolute Gasteiger partial charge is 0.374 e. The van der Waals surface area contributed by atoms with Gasteiger partial charge in [-0.05, 0) is 17.5 Å². The normalized spacial score (nSPS) is 19.1. The first kappa shape index (κ1) is 11.7. The standard InChI is InChI=1S/C11H8Cl2N2S/c12-8-2-1-3-9(13)11(8)15-10-6-16-5-7(10)4-14/h1-3,5,10,15H,6H2. The van der Waals surface area contributed by atoms with E-state index in [2.05, 4.69) is 11.4 Å². The third-order valence-electron chi connectivity index (χ3n) is 2.26. The summed E-state index contributed by atoms with van der Waals surface area (Å²) in [7, 11) is 0. The quantitative estimate of drug-likeness (QED) is 0.885. The average Bonchev–Trinajstić information content (AvgIpc) is 2.71. The summed E-state index contributed by atoms with van der Waals surface area (Å²) in [6, 6.07) is 7.49. The molecular weight excluding hydrogens is 263 g/mol. The lowest BCUT2D eigenvalue weighted by Crippen LogP contribution is -2.21. The summed E-state index contributed by atoms with van der Waals surface area (Å²) >= 11 is 13.7. The predicted molar refractivity (Wildman–Crippen MR) is 70.0 cm³/mol. The molecule has 16 heavy (non-hydrogen) atoms. The molecule has 1 aromatic rings. The van der Waals surface area contributed by atoms with Crippen LogP contribution in [0.2, 0.25) is 10.0 Å². The van der Waals surface area contributed by atoms with Crippen LogP contribution in [-0.2, 0) is 0 Å². The molecule has 0 bridgehead atoms. The zero-order valence-corrected chi connectivity index (χ0v) is 10.5. The Bertz CT molecular complexity index is 459. The van der Waals surface area contributed by atoms with Gasteiger partial charge in [0.15, 0.2) is 0 Å². The van der Waals surface area contributed by atoms with Crippen molar-refractivity contribution in [2.45, 2.75) is 6.04 Å². The highest BCUT2D eigenvalue weighted by Crippen LogP contribution is 2.33. The van der Waals surface area contributed by atoms with Crippen LogP contribution >= 0.6 is 35.0 Å². The number of benzene rings is 1. The first-order chi connectivity index (χ1) is 7.72. The number of thioether (sulfide) groups is 1. The second-order valence-electron chi connectivity index (χ2n) is 3.31. The number of nitrogens with one attached hydrogen (secondary N) is 1. The molecule has 1 N–H and O–H groups in total. The van der Waals surface area contributed by atoms with Gasteiger partial charge in [0.25, 0.3) is 0 Å². The lowest BCUT2D eigenvalue weighted by Gasteiger charge is -2.16. The molecule has 1 aromatic carbocycles. The molecule has 82 valence electrons. The zero-order valence-electron chi connectivity index (χ0n) is 8.21. The molecule has 2 rings (SSSR count). The fourth-order valence-corrected chi connectivity index (χ4v) is 2.89. The Morgan fingerprint density at radius 2 is 2.06 bits per heavy atom. The fraction of sp³-hybridized carbons (Fsp3) is 0.182. The molecule has 1 atom stereocenters. The van der Waals surface area contributed by atoms with Gasteiger partial charge in [-0.2, -0.15) is 5.26 Å². The molecule has 1 aliphatic heterocycles. The van der Waals surface area contributed by atoms with Crippen molar-refractivity contribution >= 4 is 40.7 Å². The molecule has 0 saturated carbocycles. The smallest absolute Gasteiger partial charge is 0.0974 e. The van der Waals surface area contributed by atoms with E-state index in [1.807, 2.05) is 5.41 Å². The Balaban J connectivity index is 2.22. The Kier molecular flexibility index (Phi) is 3.65. The van der Waals surface area contributed by atoms with E-state index in [0.29, 0.717) is 15.7 Å². The van der Waals surface area contributed by atoms with E-state index in [1.54, 1.807) is 30.0 Å². The first-order valence-corrected chi connectivity index (χ1v) is 6.45. The lowest BCUT2D eigenvalue weighted by atomic mass is 10.1. The number of para-hydroxylation sites is 1. The van der Waals surface area contributed by atoms with Crippen LogP contribution in [0.4, 0.5) is 5.69 Å². The van der Waals surface area contributed by atoms with E-state index < -0.39 is 0 Å². The second-order valence-corrected chi connectivity index (χ2v) is 5.03. The highest BCUT2D eigenvalue weighted by atomic mass is 35.5. The minimum absolute atomic E-state index is 0.00704. The number of nitrogens with zero attached hydrogens (tertiary/aromatic N) is 1. The van der Waals surface area contributed by atoms with Crippen molar-refractivity contribution in [2.24, 2.45) is 0 Å². The van der Waals surface area contributed by atoms with Gasteiger partial charge in [0.2, 0.25) is 0 Å². The molecule has 0 radical (unpaired) electrons. The van der Waals surface area contributed by atoms with Crippen LogP contribution in [0.1, 0.15) is 0 Å². The van der Waals surface area contributed by atoms with Crippen molar-refractivity contribution in [1.82, 2.24) is 0 Å². The van der Waals surface area contributed by atoms with Crippen LogP contribution in [0.3, 0.4) is 0 Å². The van der Waals surface area contributed by atoms with Gasteiger partial charge in [0, 0.05) is 5.75 Å². The number of hydrogen-bond acceptors (Lipinski definition) is 3. The summed E-state index contributed by atoms with van der Waals surface area (Å²) in [5.41, 5.74) is 1.42. The molecule has 0 aliphatic carbocycles. The van der Waals surface area contributed by atoms with E-state index >= 15 is 0 Å². The maximum atomic E-state index is 8.92. The average molecular weight is 271 g/mol. The van der Waals surface area contributed by atoms with Gasteiger partial charge in [0.1, 0.15) is 0 Å². The molecule has 0 amide bonds. The maximum absolute atomic E-state index is 8.92. The van der Waals surface area contributed by atoms with Crippen molar-refractivity contribution in [3.05, 3.63) is 39.2 Å². The van der Waals surface area contributed by atoms with Crippen LogP contribution in [0.15, 0.2) is 29.2 Å². The van der Waals surface area contributed by atoms with Crippen LogP contribution in [0.25, 0.3) is 0 Å². The molecule has 0 fully saturated rings. The van der Waals surface area contributed by atoms with Crippen LogP contribution in [0.5, 0.6) is 0 Å². The van der Waals surface area contributed by atoms with E-state index in [1.165, 1.54) is 0 Å². The Morgan fingerprint density at radius 3 is 2.69 bits per heavy atom. The molecule has 2 nitrogen and oxygen atoms in total. The third-order valence-corrected chi connectivity index (χ3v) is 3.84. The fourth-order valence-electron chi connectivity index (χ4n) is 1.44. The molecule has 5 heteroatoms. The summed E-state index contributed by atoms with van der Waals surface area (Å²) < 4.78 is 0. The Morgan fingerprint density at radius 1 is 1.38 bits per heavy atom. The SMILES string of the molecule is N#CC1=CSCC1Nc1c(Cl)cccc1Cl. The van der Waals surface area contributed by atoms with Crippen molar-refractivity contribution in [3.8, 4) is 6.07 Å². The summed E-state index contributed by atoms with van der Waals surface area (Å²) in [5, 5.41) is 15.1. The number of halogens is 2. The lowest BCUT2D eigenvalue weighted by molar-refractivity contribution is 0.988. The van der Waals surface area contributed by atoms with E-state index in [9.17, 15) is 0 Å². The second kappa shape index (κ2) is 5.01. The van der Waals surface area contributed by atoms with Crippen molar-refractivity contribution < 1.29 is 0 Å². The maximum Gasteiger partial charge on any atom is 0.0974 e. The Labute approximate surface area is 108 Å². The van der Waals surface area contributed by atoms with Crippen molar-refractivity contribution in [1.29, 1.82) is 5.26 Å². The summed E-state index contributed by atoms with van der Waals surface area (Å²) in [6.45, 7) is 0. The highest BCUT2D eigenvalue weighted by molar-refractivity contribution is 8.02.